The van der Waals surface area contributed by atoms with Crippen molar-refractivity contribution < 1.29 is 17.9 Å². The molecule has 37 heavy (non-hydrogen) atoms. The van der Waals surface area contributed by atoms with E-state index in [9.17, 15) is 13.2 Å². The lowest BCUT2D eigenvalue weighted by Crippen LogP contribution is -2.49. The molecular weight excluding hydrogens is 533 g/mol. The van der Waals surface area contributed by atoms with Crippen molar-refractivity contribution in [3.05, 3.63) is 82.3 Å². The zero-order chi connectivity index (χ0) is 26.8. The number of piperazine rings is 1. The van der Waals surface area contributed by atoms with Crippen molar-refractivity contribution in [3.63, 3.8) is 0 Å². The molecule has 0 unspecified atom stereocenters. The zero-order valence-corrected chi connectivity index (χ0v) is 23.2. The van der Waals surface area contributed by atoms with Gasteiger partial charge in [0.15, 0.2) is 5.60 Å². The van der Waals surface area contributed by atoms with Crippen LogP contribution in [0.15, 0.2) is 71.6 Å². The van der Waals surface area contributed by atoms with Gasteiger partial charge in [-0.1, -0.05) is 47.0 Å². The number of hydrogen-bond acceptors (Lipinski definition) is 5. The van der Waals surface area contributed by atoms with Crippen molar-refractivity contribution in [2.75, 3.05) is 36.4 Å². The van der Waals surface area contributed by atoms with Gasteiger partial charge in [-0.25, -0.2) is 8.42 Å². The van der Waals surface area contributed by atoms with Gasteiger partial charge in [0.1, 0.15) is 5.75 Å². The van der Waals surface area contributed by atoms with Crippen LogP contribution < -0.4 is 15.0 Å². The third-order valence-electron chi connectivity index (χ3n) is 6.18. The molecule has 1 aliphatic rings. The van der Waals surface area contributed by atoms with E-state index in [-0.39, 0.29) is 10.8 Å². The molecule has 1 saturated heterocycles. The number of halogens is 2. The molecule has 7 nitrogen and oxygen atoms in total. The lowest BCUT2D eigenvalue weighted by Gasteiger charge is -2.37. The number of benzene rings is 3. The molecule has 1 fully saturated rings. The molecule has 10 heteroatoms. The molecule has 1 heterocycles. The first-order valence-corrected chi connectivity index (χ1v) is 14.0. The van der Waals surface area contributed by atoms with Crippen LogP contribution in [0.2, 0.25) is 10.0 Å². The standard InChI is InChI=1S/C27H29Cl2N3O4S/c1-19-7-13-22(14-8-19)37(34,35)32-17-15-31(16-18-32)25-23(29)5-4-6-24(25)30-26(33)27(2,3)36-21-11-9-20(28)10-12-21/h4-14H,15-18H2,1-3H3,(H,30,33). The van der Waals surface area contributed by atoms with Gasteiger partial charge in [-0.05, 0) is 69.3 Å². The number of hydrogen-bond donors (Lipinski definition) is 1. The Kier molecular flexibility index (Phi) is 8.04. The Labute approximate surface area is 228 Å². The Hall–Kier alpha value is -2.78. The fourth-order valence-electron chi connectivity index (χ4n) is 4.07. The van der Waals surface area contributed by atoms with E-state index in [2.05, 4.69) is 5.32 Å². The normalized spacial score (nSPS) is 14.9. The van der Waals surface area contributed by atoms with E-state index in [0.29, 0.717) is 53.3 Å². The Morgan fingerprint density at radius 2 is 1.54 bits per heavy atom. The number of sulfonamides is 1. The van der Waals surface area contributed by atoms with Gasteiger partial charge in [0, 0.05) is 31.2 Å². The molecule has 196 valence electrons. The average Bonchev–Trinajstić information content (AvgIpc) is 2.86. The van der Waals surface area contributed by atoms with Crippen LogP contribution in [0.5, 0.6) is 5.75 Å². The molecule has 0 bridgehead atoms. The molecule has 1 aliphatic heterocycles. The van der Waals surface area contributed by atoms with E-state index < -0.39 is 15.6 Å². The summed E-state index contributed by atoms with van der Waals surface area (Å²) in [7, 11) is -3.60. The summed E-state index contributed by atoms with van der Waals surface area (Å²) in [4.78, 5) is 15.5. The van der Waals surface area contributed by atoms with E-state index in [1.807, 2.05) is 11.8 Å². The molecule has 1 amide bonds. The first kappa shape index (κ1) is 27.3. The third-order valence-corrected chi connectivity index (χ3v) is 8.65. The molecule has 4 rings (SSSR count). The van der Waals surface area contributed by atoms with Crippen molar-refractivity contribution in [2.24, 2.45) is 0 Å². The number of carbonyl (C=O) groups excluding carboxylic acids is 1. The van der Waals surface area contributed by atoms with Crippen molar-refractivity contribution in [1.29, 1.82) is 0 Å². The monoisotopic (exact) mass is 561 g/mol. The van der Waals surface area contributed by atoms with Crippen LogP contribution in [0.1, 0.15) is 19.4 Å². The van der Waals surface area contributed by atoms with Gasteiger partial charge >= 0.3 is 0 Å². The fraction of sp³-hybridized carbons (Fsp3) is 0.296. The summed E-state index contributed by atoms with van der Waals surface area (Å²) in [5, 5.41) is 3.98. The molecule has 0 saturated carbocycles. The number of nitrogens with zero attached hydrogens (tertiary/aromatic N) is 2. The molecule has 0 aliphatic carbocycles. The summed E-state index contributed by atoms with van der Waals surface area (Å²) in [6.07, 6.45) is 0. The second-order valence-electron chi connectivity index (χ2n) is 9.36. The Balaban J connectivity index is 1.48. The zero-order valence-electron chi connectivity index (χ0n) is 20.9. The molecular formula is C27H29Cl2N3O4S. The number of ether oxygens (including phenoxy) is 1. The number of aryl methyl sites for hydroxylation is 1. The minimum atomic E-state index is -3.60. The van der Waals surface area contributed by atoms with Gasteiger partial charge in [0.2, 0.25) is 10.0 Å². The lowest BCUT2D eigenvalue weighted by molar-refractivity contribution is -0.128. The summed E-state index contributed by atoms with van der Waals surface area (Å²) < 4.78 is 33.6. The van der Waals surface area contributed by atoms with E-state index in [4.69, 9.17) is 27.9 Å². The first-order chi connectivity index (χ1) is 17.5. The minimum absolute atomic E-state index is 0.278. The van der Waals surface area contributed by atoms with Gasteiger partial charge in [-0.3, -0.25) is 4.79 Å². The van der Waals surface area contributed by atoms with Crippen molar-refractivity contribution in [2.45, 2.75) is 31.3 Å². The third kappa shape index (κ3) is 6.21. The van der Waals surface area contributed by atoms with Crippen LogP contribution in [0.25, 0.3) is 0 Å². The maximum Gasteiger partial charge on any atom is 0.268 e. The van der Waals surface area contributed by atoms with Gasteiger partial charge in [-0.15, -0.1) is 0 Å². The van der Waals surface area contributed by atoms with E-state index >= 15 is 0 Å². The van der Waals surface area contributed by atoms with Crippen LogP contribution in [0, 0.1) is 6.92 Å². The van der Waals surface area contributed by atoms with Gasteiger partial charge in [0.05, 0.1) is 21.3 Å². The number of anilines is 2. The van der Waals surface area contributed by atoms with Crippen LogP contribution in [-0.4, -0.2) is 50.4 Å². The summed E-state index contributed by atoms with van der Waals surface area (Å²) in [6.45, 7) is 6.69. The van der Waals surface area contributed by atoms with Crippen LogP contribution >= 0.6 is 23.2 Å². The quantitative estimate of drug-likeness (QED) is 0.405. The van der Waals surface area contributed by atoms with Gasteiger partial charge < -0.3 is 15.0 Å². The topological polar surface area (TPSA) is 79.0 Å². The smallest absolute Gasteiger partial charge is 0.268 e. The maximum absolute atomic E-state index is 13.2. The fourth-order valence-corrected chi connectivity index (χ4v) is 5.91. The van der Waals surface area contributed by atoms with Crippen molar-refractivity contribution in [3.8, 4) is 5.75 Å². The highest BCUT2D eigenvalue weighted by Crippen LogP contribution is 2.36. The second kappa shape index (κ2) is 10.9. The van der Waals surface area contributed by atoms with Crippen LogP contribution in [-0.2, 0) is 14.8 Å². The van der Waals surface area contributed by atoms with Crippen LogP contribution in [0.3, 0.4) is 0 Å². The average molecular weight is 563 g/mol. The first-order valence-electron chi connectivity index (χ1n) is 11.8. The number of nitrogens with one attached hydrogen (secondary N) is 1. The van der Waals surface area contributed by atoms with E-state index in [0.717, 1.165) is 5.56 Å². The highest BCUT2D eigenvalue weighted by Gasteiger charge is 2.33. The van der Waals surface area contributed by atoms with Gasteiger partial charge in [-0.2, -0.15) is 4.31 Å². The number of rotatable bonds is 7. The number of para-hydroxylation sites is 1. The van der Waals surface area contributed by atoms with Gasteiger partial charge in [0.25, 0.3) is 5.91 Å². The number of amides is 1. The molecule has 3 aromatic carbocycles. The predicted molar refractivity (Wildman–Crippen MR) is 148 cm³/mol. The molecule has 0 spiro atoms. The summed E-state index contributed by atoms with van der Waals surface area (Å²) in [5.74, 6) is 0.160. The SMILES string of the molecule is Cc1ccc(S(=O)(=O)N2CCN(c3c(Cl)cccc3NC(=O)C(C)(C)Oc3ccc(Cl)cc3)CC2)cc1. The molecule has 3 aromatic rings. The van der Waals surface area contributed by atoms with E-state index in [1.165, 1.54) is 4.31 Å². The lowest BCUT2D eigenvalue weighted by atomic mass is 10.1. The Bertz CT molecular complexity index is 1370. The maximum atomic E-state index is 13.2. The Morgan fingerprint density at radius 3 is 2.16 bits per heavy atom. The summed E-state index contributed by atoms with van der Waals surface area (Å²) >= 11 is 12.5. The highest BCUT2D eigenvalue weighted by molar-refractivity contribution is 7.89. The van der Waals surface area contributed by atoms with E-state index in [1.54, 1.807) is 80.6 Å². The molecule has 0 atom stereocenters. The molecule has 1 N–H and O–H groups in total. The largest absolute Gasteiger partial charge is 0.478 e. The summed E-state index contributed by atoms with van der Waals surface area (Å²) in [5.41, 5.74) is 0.986. The highest BCUT2D eigenvalue weighted by atomic mass is 35.5. The Morgan fingerprint density at radius 1 is 0.919 bits per heavy atom. The molecule has 0 radical (unpaired) electrons. The molecule has 0 aromatic heterocycles. The minimum Gasteiger partial charge on any atom is -0.478 e. The van der Waals surface area contributed by atoms with Crippen molar-refractivity contribution >= 4 is 50.5 Å². The van der Waals surface area contributed by atoms with Crippen LogP contribution in [0.4, 0.5) is 11.4 Å². The van der Waals surface area contributed by atoms with Crippen molar-refractivity contribution in [1.82, 2.24) is 4.31 Å². The summed E-state index contributed by atoms with van der Waals surface area (Å²) in [6, 6.07) is 18.9. The predicted octanol–water partition coefficient (Wildman–Crippen LogP) is 5.61. The number of carbonyl (C=O) groups is 1. The second-order valence-corrected chi connectivity index (χ2v) is 12.1.